The zero-order chi connectivity index (χ0) is 20.4. The molecule has 4 aromatic rings. The van der Waals surface area contributed by atoms with Crippen LogP contribution in [0, 0.1) is 11.6 Å². The number of hydrogen-bond acceptors (Lipinski definition) is 1. The number of hydrogen-bond donors (Lipinski definition) is 0. The lowest BCUT2D eigenvalue weighted by molar-refractivity contribution is 0.416. The fraction of sp³-hybridized carbons (Fsp3) is 0. The van der Waals surface area contributed by atoms with E-state index < -0.39 is 11.6 Å². The summed E-state index contributed by atoms with van der Waals surface area (Å²) < 4.78 is 37.6. The lowest BCUT2D eigenvalue weighted by Crippen LogP contribution is -1.95. The Bertz CT molecular complexity index is 1060. The predicted molar refractivity (Wildman–Crippen MR) is 119 cm³/mol. The van der Waals surface area contributed by atoms with Gasteiger partial charge in [-0.15, -0.1) is 0 Å². The van der Waals surface area contributed by atoms with E-state index in [-0.39, 0.29) is 11.5 Å². The number of rotatable bonds is 4. The summed E-state index contributed by atoms with van der Waals surface area (Å²) in [5.74, 6) is -1.14. The van der Waals surface area contributed by atoms with Crippen molar-refractivity contribution in [2.75, 3.05) is 0 Å². The number of halogens is 4. The highest BCUT2D eigenvalue weighted by Crippen LogP contribution is 2.36. The zero-order valence-electron chi connectivity index (χ0n) is 15.0. The van der Waals surface area contributed by atoms with Crippen LogP contribution in [-0.4, -0.2) is 0 Å². The lowest BCUT2D eigenvalue weighted by Gasteiger charge is -2.13. The van der Waals surface area contributed by atoms with Crippen LogP contribution in [0.1, 0.15) is 0 Å². The van der Waals surface area contributed by atoms with Gasteiger partial charge in [0.15, 0.2) is 23.1 Å². The van der Waals surface area contributed by atoms with Gasteiger partial charge in [0.2, 0.25) is 0 Å². The molecule has 0 aromatic heterocycles. The van der Waals surface area contributed by atoms with E-state index in [4.69, 9.17) is 4.74 Å². The van der Waals surface area contributed by atoms with Crippen molar-refractivity contribution < 1.29 is 13.5 Å². The molecule has 0 radical (unpaired) electrons. The Morgan fingerprint density at radius 3 is 1.28 bits per heavy atom. The van der Waals surface area contributed by atoms with Gasteiger partial charge >= 0.3 is 0 Å². The standard InChI is InChI=1S/C24H14Br2F2O/c25-17-11-7-15(8-12-17)19-3-1-5-21(23(19)27)29-22-6-2-4-20(24(22)28)16-9-13-18(26)14-10-16/h1-14H. The fourth-order valence-corrected chi connectivity index (χ4v) is 3.53. The van der Waals surface area contributed by atoms with E-state index in [1.165, 1.54) is 12.1 Å². The van der Waals surface area contributed by atoms with Gasteiger partial charge in [0.25, 0.3) is 0 Å². The van der Waals surface area contributed by atoms with E-state index in [0.717, 1.165) is 8.95 Å². The van der Waals surface area contributed by atoms with E-state index >= 15 is 8.78 Å². The maximum atomic E-state index is 15.1. The molecule has 0 fully saturated rings. The van der Waals surface area contributed by atoms with Gasteiger partial charge in [-0.05, 0) is 47.5 Å². The van der Waals surface area contributed by atoms with Crippen molar-refractivity contribution >= 4 is 31.9 Å². The molecule has 0 aliphatic heterocycles. The average Bonchev–Trinajstić information content (AvgIpc) is 2.73. The lowest BCUT2D eigenvalue weighted by atomic mass is 10.0. The highest BCUT2D eigenvalue weighted by molar-refractivity contribution is 9.10. The Kier molecular flexibility index (Phi) is 5.79. The number of benzene rings is 4. The quantitative estimate of drug-likeness (QED) is 0.264. The minimum Gasteiger partial charge on any atom is -0.451 e. The van der Waals surface area contributed by atoms with Crippen molar-refractivity contribution in [1.29, 1.82) is 0 Å². The molecule has 0 unspecified atom stereocenters. The van der Waals surface area contributed by atoms with E-state index in [2.05, 4.69) is 31.9 Å². The van der Waals surface area contributed by atoms with Crippen LogP contribution in [-0.2, 0) is 0 Å². The summed E-state index contributed by atoms with van der Waals surface area (Å²) >= 11 is 6.74. The summed E-state index contributed by atoms with van der Waals surface area (Å²) in [7, 11) is 0. The largest absolute Gasteiger partial charge is 0.451 e. The molecule has 144 valence electrons. The fourth-order valence-electron chi connectivity index (χ4n) is 3.00. The first-order valence-corrected chi connectivity index (χ1v) is 10.4. The third-order valence-corrected chi connectivity index (χ3v) is 5.51. The van der Waals surface area contributed by atoms with Gasteiger partial charge < -0.3 is 4.74 Å². The Hall–Kier alpha value is -2.50. The molecule has 0 aliphatic carbocycles. The molecule has 0 saturated carbocycles. The molecule has 0 saturated heterocycles. The maximum Gasteiger partial charge on any atom is 0.173 e. The Morgan fingerprint density at radius 1 is 0.517 bits per heavy atom. The second-order valence-corrected chi connectivity index (χ2v) is 8.18. The van der Waals surface area contributed by atoms with Crippen LogP contribution in [0.25, 0.3) is 22.3 Å². The van der Waals surface area contributed by atoms with Crippen molar-refractivity contribution in [1.82, 2.24) is 0 Å². The van der Waals surface area contributed by atoms with E-state index in [1.807, 2.05) is 24.3 Å². The summed E-state index contributed by atoms with van der Waals surface area (Å²) in [5, 5.41) is 0. The highest BCUT2D eigenvalue weighted by atomic mass is 79.9. The maximum absolute atomic E-state index is 15.1. The molecule has 0 amide bonds. The van der Waals surface area contributed by atoms with E-state index in [9.17, 15) is 0 Å². The van der Waals surface area contributed by atoms with Crippen LogP contribution < -0.4 is 4.74 Å². The minimum absolute atomic E-state index is 0.0303. The summed E-state index contributed by atoms with van der Waals surface area (Å²) in [6, 6.07) is 24.3. The van der Waals surface area contributed by atoms with Crippen LogP contribution in [0.15, 0.2) is 93.9 Å². The van der Waals surface area contributed by atoms with Gasteiger partial charge in [-0.3, -0.25) is 0 Å². The highest BCUT2D eigenvalue weighted by Gasteiger charge is 2.16. The Labute approximate surface area is 184 Å². The molecule has 4 rings (SSSR count). The molecular formula is C24H14Br2F2O. The smallest absolute Gasteiger partial charge is 0.173 e. The second-order valence-electron chi connectivity index (χ2n) is 6.35. The van der Waals surface area contributed by atoms with Crippen LogP contribution in [0.2, 0.25) is 0 Å². The van der Waals surface area contributed by atoms with Crippen molar-refractivity contribution in [2.24, 2.45) is 0 Å². The summed E-state index contributed by atoms with van der Waals surface area (Å²) in [6.07, 6.45) is 0. The molecule has 0 atom stereocenters. The molecule has 4 aromatic carbocycles. The molecule has 1 nitrogen and oxygen atoms in total. The number of ether oxygens (including phenoxy) is 1. The second kappa shape index (κ2) is 8.47. The summed E-state index contributed by atoms with van der Waals surface area (Å²) in [5.41, 5.74) is 2.19. The first-order valence-electron chi connectivity index (χ1n) is 8.79. The van der Waals surface area contributed by atoms with Crippen molar-refractivity contribution in [3.63, 3.8) is 0 Å². The topological polar surface area (TPSA) is 9.23 Å². The molecule has 0 N–H and O–H groups in total. The third kappa shape index (κ3) is 4.26. The molecular weight excluding hydrogens is 502 g/mol. The van der Waals surface area contributed by atoms with Gasteiger partial charge in [-0.2, -0.15) is 0 Å². The molecule has 0 bridgehead atoms. The van der Waals surface area contributed by atoms with E-state index in [0.29, 0.717) is 22.3 Å². The molecule has 5 heteroatoms. The minimum atomic E-state index is -0.539. The van der Waals surface area contributed by atoms with Gasteiger partial charge in [0.05, 0.1) is 0 Å². The van der Waals surface area contributed by atoms with Crippen LogP contribution in [0.3, 0.4) is 0 Å². The van der Waals surface area contributed by atoms with Crippen molar-refractivity contribution in [3.8, 4) is 33.8 Å². The van der Waals surface area contributed by atoms with Gasteiger partial charge in [-0.25, -0.2) is 8.78 Å². The average molecular weight is 516 g/mol. The molecule has 0 aliphatic rings. The summed E-state index contributed by atoms with van der Waals surface area (Å²) in [6.45, 7) is 0. The van der Waals surface area contributed by atoms with Gasteiger partial charge in [0, 0.05) is 20.1 Å². The van der Waals surface area contributed by atoms with Crippen LogP contribution >= 0.6 is 31.9 Å². The molecule has 0 spiro atoms. The monoisotopic (exact) mass is 514 g/mol. The van der Waals surface area contributed by atoms with Crippen molar-refractivity contribution in [2.45, 2.75) is 0 Å². The third-order valence-electron chi connectivity index (χ3n) is 4.46. The first-order chi connectivity index (χ1) is 14.0. The SMILES string of the molecule is Fc1c(Oc2cccc(-c3ccc(Br)cc3)c2F)cccc1-c1ccc(Br)cc1. The Morgan fingerprint density at radius 2 is 0.897 bits per heavy atom. The first kappa shape index (κ1) is 19.8. The molecule has 0 heterocycles. The van der Waals surface area contributed by atoms with Gasteiger partial charge in [0.1, 0.15) is 0 Å². The Balaban J connectivity index is 1.70. The van der Waals surface area contributed by atoms with E-state index in [1.54, 1.807) is 48.5 Å². The normalized spacial score (nSPS) is 10.8. The predicted octanol–water partition coefficient (Wildman–Crippen LogP) is 8.62. The van der Waals surface area contributed by atoms with Crippen LogP contribution in [0.5, 0.6) is 11.5 Å². The summed E-state index contributed by atoms with van der Waals surface area (Å²) in [4.78, 5) is 0. The van der Waals surface area contributed by atoms with Gasteiger partial charge in [-0.1, -0.05) is 80.4 Å². The zero-order valence-corrected chi connectivity index (χ0v) is 18.2. The van der Waals surface area contributed by atoms with Crippen molar-refractivity contribution in [3.05, 3.63) is 106 Å². The van der Waals surface area contributed by atoms with Crippen LogP contribution in [0.4, 0.5) is 8.78 Å². The molecule has 29 heavy (non-hydrogen) atoms.